The lowest BCUT2D eigenvalue weighted by Gasteiger charge is -2.31. The van der Waals surface area contributed by atoms with Crippen molar-refractivity contribution in [2.75, 3.05) is 40.4 Å². The predicted molar refractivity (Wildman–Crippen MR) is 65.6 cm³/mol. The van der Waals surface area contributed by atoms with E-state index >= 15 is 0 Å². The molecule has 1 rings (SSSR count). The van der Waals surface area contributed by atoms with E-state index in [9.17, 15) is 0 Å². The van der Waals surface area contributed by atoms with Crippen LogP contribution in [0.5, 0.6) is 0 Å². The van der Waals surface area contributed by atoms with Gasteiger partial charge in [0, 0.05) is 33.4 Å². The molecule has 1 N–H and O–H groups in total. The lowest BCUT2D eigenvalue weighted by molar-refractivity contribution is -0.116. The zero-order valence-corrected chi connectivity index (χ0v) is 10.9. The van der Waals surface area contributed by atoms with Gasteiger partial charge in [0.05, 0.1) is 0 Å². The summed E-state index contributed by atoms with van der Waals surface area (Å²) >= 11 is 0. The molecular weight excluding hydrogens is 204 g/mol. The number of rotatable bonds is 7. The van der Waals surface area contributed by atoms with E-state index in [-0.39, 0.29) is 6.29 Å². The number of methoxy groups -OCH3 is 2. The molecule has 1 unspecified atom stereocenters. The maximum atomic E-state index is 5.24. The molecule has 96 valence electrons. The van der Waals surface area contributed by atoms with Crippen LogP contribution in [0.4, 0.5) is 0 Å². The molecule has 1 aliphatic rings. The fourth-order valence-corrected chi connectivity index (χ4v) is 2.18. The van der Waals surface area contributed by atoms with Gasteiger partial charge in [0.15, 0.2) is 6.29 Å². The summed E-state index contributed by atoms with van der Waals surface area (Å²) in [6.45, 7) is 6.34. The van der Waals surface area contributed by atoms with Crippen molar-refractivity contribution in [3.63, 3.8) is 0 Å². The third kappa shape index (κ3) is 4.78. The predicted octanol–water partition coefficient (Wildman–Crippen LogP) is 1.07. The number of nitrogens with one attached hydrogen (secondary N) is 1. The Hall–Kier alpha value is -0.160. The van der Waals surface area contributed by atoms with Crippen molar-refractivity contribution in [1.82, 2.24) is 10.2 Å². The summed E-state index contributed by atoms with van der Waals surface area (Å²) in [6.07, 6.45) is 3.86. The van der Waals surface area contributed by atoms with E-state index < -0.39 is 0 Å². The lowest BCUT2D eigenvalue weighted by atomic mass is 10.0. The molecule has 1 fully saturated rings. The van der Waals surface area contributed by atoms with E-state index in [1.54, 1.807) is 14.2 Å². The monoisotopic (exact) mass is 230 g/mol. The molecule has 0 radical (unpaired) electrons. The molecule has 16 heavy (non-hydrogen) atoms. The van der Waals surface area contributed by atoms with Gasteiger partial charge >= 0.3 is 0 Å². The molecule has 0 aromatic rings. The highest BCUT2D eigenvalue weighted by Crippen LogP contribution is 2.09. The Labute approximate surface area is 99.3 Å². The summed E-state index contributed by atoms with van der Waals surface area (Å²) in [5, 5.41) is 3.57. The average Bonchev–Trinajstić information content (AvgIpc) is 2.35. The summed E-state index contributed by atoms with van der Waals surface area (Å²) in [4.78, 5) is 2.39. The normalized spacial score (nSPS) is 21.9. The molecule has 0 aromatic carbocycles. The summed E-state index contributed by atoms with van der Waals surface area (Å²) in [5.41, 5.74) is 0. The van der Waals surface area contributed by atoms with Crippen LogP contribution in [-0.4, -0.2) is 57.6 Å². The van der Waals surface area contributed by atoms with Crippen molar-refractivity contribution in [3.8, 4) is 0 Å². The topological polar surface area (TPSA) is 33.7 Å². The van der Waals surface area contributed by atoms with Gasteiger partial charge in [0.2, 0.25) is 0 Å². The van der Waals surface area contributed by atoms with Crippen LogP contribution < -0.4 is 5.32 Å². The van der Waals surface area contributed by atoms with Crippen LogP contribution in [0.1, 0.15) is 26.2 Å². The third-order valence-electron chi connectivity index (χ3n) is 3.27. The molecule has 0 bridgehead atoms. The zero-order valence-electron chi connectivity index (χ0n) is 10.9. The van der Waals surface area contributed by atoms with Crippen molar-refractivity contribution in [1.29, 1.82) is 0 Å². The fourth-order valence-electron chi connectivity index (χ4n) is 2.18. The van der Waals surface area contributed by atoms with Gasteiger partial charge in [0.1, 0.15) is 0 Å². The van der Waals surface area contributed by atoms with Crippen LogP contribution in [0, 0.1) is 0 Å². The van der Waals surface area contributed by atoms with Gasteiger partial charge in [-0.1, -0.05) is 13.3 Å². The van der Waals surface area contributed by atoms with Gasteiger partial charge in [-0.25, -0.2) is 0 Å². The highest BCUT2D eigenvalue weighted by Gasteiger charge is 2.18. The average molecular weight is 230 g/mol. The standard InChI is InChI=1S/C12H26N2O2/c1-4-14(10-12(15-2)16-3)9-11-7-5-6-8-13-11/h11-13H,4-10H2,1-3H3. The summed E-state index contributed by atoms with van der Waals surface area (Å²) < 4.78 is 10.5. The molecule has 0 aliphatic carbocycles. The van der Waals surface area contributed by atoms with Gasteiger partial charge in [-0.05, 0) is 25.9 Å². The Morgan fingerprint density at radius 3 is 2.56 bits per heavy atom. The van der Waals surface area contributed by atoms with Gasteiger partial charge < -0.3 is 14.8 Å². The Bertz CT molecular complexity index is 168. The van der Waals surface area contributed by atoms with E-state index in [0.29, 0.717) is 6.04 Å². The Balaban J connectivity index is 2.29. The molecule has 4 nitrogen and oxygen atoms in total. The molecule has 0 spiro atoms. The minimum absolute atomic E-state index is 0.108. The van der Waals surface area contributed by atoms with Crippen LogP contribution >= 0.6 is 0 Å². The maximum Gasteiger partial charge on any atom is 0.169 e. The Morgan fingerprint density at radius 1 is 1.31 bits per heavy atom. The second kappa shape index (κ2) is 8.01. The number of piperidine rings is 1. The molecule has 1 saturated heterocycles. The number of likely N-dealkylation sites (N-methyl/N-ethyl adjacent to an activating group) is 1. The van der Waals surface area contributed by atoms with E-state index in [1.165, 1.54) is 25.8 Å². The van der Waals surface area contributed by atoms with Gasteiger partial charge in [-0.15, -0.1) is 0 Å². The number of ether oxygens (including phenoxy) is 2. The molecule has 1 heterocycles. The maximum absolute atomic E-state index is 5.24. The van der Waals surface area contributed by atoms with E-state index in [4.69, 9.17) is 9.47 Å². The van der Waals surface area contributed by atoms with Gasteiger partial charge in [-0.2, -0.15) is 0 Å². The van der Waals surface area contributed by atoms with Crippen molar-refractivity contribution in [2.24, 2.45) is 0 Å². The second-order valence-electron chi connectivity index (χ2n) is 4.40. The minimum Gasteiger partial charge on any atom is -0.355 e. The van der Waals surface area contributed by atoms with Crippen molar-refractivity contribution < 1.29 is 9.47 Å². The van der Waals surface area contributed by atoms with Crippen LogP contribution in [-0.2, 0) is 9.47 Å². The zero-order chi connectivity index (χ0) is 11.8. The van der Waals surface area contributed by atoms with Crippen molar-refractivity contribution in [3.05, 3.63) is 0 Å². The lowest BCUT2D eigenvalue weighted by Crippen LogP contribution is -2.46. The Kier molecular flexibility index (Phi) is 6.96. The smallest absolute Gasteiger partial charge is 0.169 e. The highest BCUT2D eigenvalue weighted by molar-refractivity contribution is 4.76. The minimum atomic E-state index is -0.108. The van der Waals surface area contributed by atoms with Crippen LogP contribution in [0.3, 0.4) is 0 Å². The summed E-state index contributed by atoms with van der Waals surface area (Å²) in [6, 6.07) is 0.642. The van der Waals surface area contributed by atoms with E-state index in [2.05, 4.69) is 17.1 Å². The second-order valence-corrected chi connectivity index (χ2v) is 4.40. The molecule has 1 aliphatic heterocycles. The Morgan fingerprint density at radius 2 is 2.06 bits per heavy atom. The van der Waals surface area contributed by atoms with Gasteiger partial charge in [-0.3, -0.25) is 4.90 Å². The first-order valence-corrected chi connectivity index (χ1v) is 6.31. The van der Waals surface area contributed by atoms with Gasteiger partial charge in [0.25, 0.3) is 0 Å². The first kappa shape index (κ1) is 13.9. The summed E-state index contributed by atoms with van der Waals surface area (Å²) in [7, 11) is 3.39. The number of nitrogens with zero attached hydrogens (tertiary/aromatic N) is 1. The van der Waals surface area contributed by atoms with Crippen LogP contribution in [0.2, 0.25) is 0 Å². The van der Waals surface area contributed by atoms with Crippen molar-refractivity contribution >= 4 is 0 Å². The third-order valence-corrected chi connectivity index (χ3v) is 3.27. The van der Waals surface area contributed by atoms with E-state index in [0.717, 1.165) is 19.6 Å². The molecule has 1 atom stereocenters. The quantitative estimate of drug-likeness (QED) is 0.663. The largest absolute Gasteiger partial charge is 0.355 e. The molecule has 0 aromatic heterocycles. The van der Waals surface area contributed by atoms with Crippen LogP contribution in [0.15, 0.2) is 0 Å². The first-order chi connectivity index (χ1) is 7.80. The molecule has 0 amide bonds. The molecule has 4 heteroatoms. The molecular formula is C12H26N2O2. The van der Waals surface area contributed by atoms with Crippen molar-refractivity contribution in [2.45, 2.75) is 38.5 Å². The SMILES string of the molecule is CCN(CC1CCCCN1)CC(OC)OC. The fraction of sp³-hybridized carbons (Fsp3) is 1.00. The first-order valence-electron chi connectivity index (χ1n) is 6.31. The highest BCUT2D eigenvalue weighted by atomic mass is 16.7. The van der Waals surface area contributed by atoms with Crippen LogP contribution in [0.25, 0.3) is 0 Å². The number of hydrogen-bond donors (Lipinski definition) is 1. The molecule has 0 saturated carbocycles. The van der Waals surface area contributed by atoms with E-state index in [1.807, 2.05) is 0 Å². The summed E-state index contributed by atoms with van der Waals surface area (Å²) in [5.74, 6) is 0. The number of hydrogen-bond acceptors (Lipinski definition) is 4.